The van der Waals surface area contributed by atoms with Crippen LogP contribution >= 0.6 is 0 Å². The minimum absolute atomic E-state index is 0.182. The number of carbonyl (C=O) groups excluding carboxylic acids is 1. The first-order chi connectivity index (χ1) is 17.0. The van der Waals surface area contributed by atoms with Crippen LogP contribution in [0.25, 0.3) is 16.6 Å². The average Bonchev–Trinajstić information content (AvgIpc) is 3.50. The predicted molar refractivity (Wildman–Crippen MR) is 133 cm³/mol. The third-order valence-corrected chi connectivity index (χ3v) is 6.49. The van der Waals surface area contributed by atoms with Gasteiger partial charge < -0.3 is 19.6 Å². The Bertz CT molecular complexity index is 1300. The van der Waals surface area contributed by atoms with Crippen molar-refractivity contribution in [2.45, 2.75) is 19.4 Å². The molecule has 1 aromatic carbocycles. The quantitative estimate of drug-likeness (QED) is 0.461. The maximum Gasteiger partial charge on any atom is 0.409 e. The molecule has 3 aromatic heterocycles. The van der Waals surface area contributed by atoms with Crippen LogP contribution in [0, 0.1) is 6.92 Å². The molecular weight excluding hydrogens is 444 g/mol. The SMILES string of the molecule is Cc1ccc(C(O)CCOC(=O)N2CCN(c3cnn4cc(-c5cnn(C)c5)ccc34)CC2)cc1. The van der Waals surface area contributed by atoms with Crippen molar-refractivity contribution < 1.29 is 14.6 Å². The van der Waals surface area contributed by atoms with Gasteiger partial charge in [0.15, 0.2) is 0 Å². The molecule has 1 unspecified atom stereocenters. The second-order valence-electron chi connectivity index (χ2n) is 8.98. The molecule has 0 bridgehead atoms. The van der Waals surface area contributed by atoms with Gasteiger partial charge in [0.25, 0.3) is 0 Å². The summed E-state index contributed by atoms with van der Waals surface area (Å²) in [6, 6.07) is 11.9. The standard InChI is InChI=1S/C26H30N6O3/c1-19-3-5-20(6-4-19)25(33)9-14-35-26(34)31-12-10-30(11-13-31)24-16-28-32-18-21(7-8-23(24)32)22-15-27-29(2)17-22/h3-8,15-18,25,33H,9-14H2,1-2H3. The number of aromatic nitrogens is 4. The maximum absolute atomic E-state index is 12.5. The van der Waals surface area contributed by atoms with Crippen molar-refractivity contribution in [3.8, 4) is 11.1 Å². The van der Waals surface area contributed by atoms with Crippen molar-refractivity contribution >= 4 is 17.3 Å². The monoisotopic (exact) mass is 474 g/mol. The summed E-state index contributed by atoms with van der Waals surface area (Å²) in [6.45, 7) is 4.74. The summed E-state index contributed by atoms with van der Waals surface area (Å²) in [4.78, 5) is 16.5. The number of fused-ring (bicyclic) bond motifs is 1. The molecule has 9 heteroatoms. The molecule has 182 valence electrons. The van der Waals surface area contributed by atoms with Gasteiger partial charge in [0.1, 0.15) is 0 Å². The Kier molecular flexibility index (Phi) is 6.41. The minimum atomic E-state index is -0.644. The van der Waals surface area contributed by atoms with Gasteiger partial charge in [-0.15, -0.1) is 0 Å². The first-order valence-electron chi connectivity index (χ1n) is 11.9. The second-order valence-corrected chi connectivity index (χ2v) is 8.98. The van der Waals surface area contributed by atoms with E-state index in [0.717, 1.165) is 33.5 Å². The number of hydrogen-bond acceptors (Lipinski definition) is 6. The predicted octanol–water partition coefficient (Wildman–Crippen LogP) is 3.43. The van der Waals surface area contributed by atoms with Crippen molar-refractivity contribution in [3.63, 3.8) is 0 Å². The number of nitrogens with zero attached hydrogens (tertiary/aromatic N) is 6. The molecule has 9 nitrogen and oxygen atoms in total. The van der Waals surface area contributed by atoms with Crippen molar-refractivity contribution in [2.24, 2.45) is 7.05 Å². The summed E-state index contributed by atoms with van der Waals surface area (Å²) in [5.41, 5.74) is 6.16. The zero-order valence-electron chi connectivity index (χ0n) is 20.0. The van der Waals surface area contributed by atoms with E-state index in [4.69, 9.17) is 4.74 Å². The number of anilines is 1. The van der Waals surface area contributed by atoms with E-state index in [2.05, 4.69) is 27.2 Å². The van der Waals surface area contributed by atoms with Crippen LogP contribution in [0.5, 0.6) is 0 Å². The lowest BCUT2D eigenvalue weighted by molar-refractivity contribution is 0.0780. The Balaban J connectivity index is 1.13. The molecule has 0 saturated carbocycles. The van der Waals surface area contributed by atoms with Crippen LogP contribution in [0.3, 0.4) is 0 Å². The highest BCUT2D eigenvalue weighted by Gasteiger charge is 2.24. The zero-order valence-corrected chi connectivity index (χ0v) is 20.0. The van der Waals surface area contributed by atoms with Gasteiger partial charge in [-0.2, -0.15) is 10.2 Å². The topological polar surface area (TPSA) is 88.1 Å². The normalized spacial score (nSPS) is 14.9. The molecule has 1 saturated heterocycles. The molecule has 1 N–H and O–H groups in total. The number of carbonyl (C=O) groups is 1. The van der Waals surface area contributed by atoms with Gasteiger partial charge in [-0.25, -0.2) is 9.31 Å². The van der Waals surface area contributed by atoms with Crippen LogP contribution in [0.2, 0.25) is 0 Å². The van der Waals surface area contributed by atoms with Crippen molar-refractivity contribution in [1.29, 1.82) is 0 Å². The number of amides is 1. The number of pyridine rings is 1. The molecule has 0 spiro atoms. The second kappa shape index (κ2) is 9.79. The highest BCUT2D eigenvalue weighted by Crippen LogP contribution is 2.26. The molecule has 35 heavy (non-hydrogen) atoms. The van der Waals surface area contributed by atoms with Crippen LogP contribution in [0.4, 0.5) is 10.5 Å². The van der Waals surface area contributed by atoms with E-state index in [9.17, 15) is 9.90 Å². The van der Waals surface area contributed by atoms with Gasteiger partial charge >= 0.3 is 6.09 Å². The average molecular weight is 475 g/mol. The van der Waals surface area contributed by atoms with E-state index in [1.807, 2.05) is 67.5 Å². The molecule has 1 fully saturated rings. The number of aliphatic hydroxyl groups is 1. The van der Waals surface area contributed by atoms with Gasteiger partial charge in [-0.1, -0.05) is 35.9 Å². The van der Waals surface area contributed by atoms with Gasteiger partial charge in [-0.3, -0.25) is 4.68 Å². The Morgan fingerprint density at radius 1 is 1.00 bits per heavy atom. The van der Waals surface area contributed by atoms with Crippen LogP contribution in [-0.2, 0) is 11.8 Å². The van der Waals surface area contributed by atoms with Crippen molar-refractivity contribution in [3.05, 3.63) is 72.3 Å². The summed E-state index contributed by atoms with van der Waals surface area (Å²) in [5.74, 6) is 0. The van der Waals surface area contributed by atoms with Gasteiger partial charge in [0.05, 0.1) is 36.3 Å². The number of aryl methyl sites for hydroxylation is 2. The largest absolute Gasteiger partial charge is 0.449 e. The molecule has 4 heterocycles. The Morgan fingerprint density at radius 3 is 2.49 bits per heavy atom. The number of piperazine rings is 1. The van der Waals surface area contributed by atoms with E-state index in [-0.39, 0.29) is 12.7 Å². The Morgan fingerprint density at radius 2 is 1.77 bits per heavy atom. The molecule has 5 rings (SSSR count). The van der Waals surface area contributed by atoms with Gasteiger partial charge in [0.2, 0.25) is 0 Å². The van der Waals surface area contributed by atoms with E-state index in [0.29, 0.717) is 32.6 Å². The summed E-state index contributed by atoms with van der Waals surface area (Å²) in [5, 5.41) is 19.1. The smallest absolute Gasteiger partial charge is 0.409 e. The lowest BCUT2D eigenvalue weighted by atomic mass is 10.1. The van der Waals surface area contributed by atoms with Crippen LogP contribution < -0.4 is 4.90 Å². The van der Waals surface area contributed by atoms with Gasteiger partial charge in [-0.05, 0) is 18.6 Å². The Labute approximate surface area is 204 Å². The van der Waals surface area contributed by atoms with Crippen LogP contribution in [0.15, 0.2) is 61.2 Å². The summed E-state index contributed by atoms with van der Waals surface area (Å²) in [7, 11) is 1.90. The van der Waals surface area contributed by atoms with E-state index in [1.54, 1.807) is 9.58 Å². The first kappa shape index (κ1) is 22.9. The van der Waals surface area contributed by atoms with E-state index >= 15 is 0 Å². The molecule has 1 aliphatic heterocycles. The first-order valence-corrected chi connectivity index (χ1v) is 11.9. The Hall–Kier alpha value is -3.85. The highest BCUT2D eigenvalue weighted by atomic mass is 16.6. The van der Waals surface area contributed by atoms with E-state index < -0.39 is 6.10 Å². The van der Waals surface area contributed by atoms with Crippen molar-refractivity contribution in [2.75, 3.05) is 37.7 Å². The van der Waals surface area contributed by atoms with Gasteiger partial charge in [0, 0.05) is 63.2 Å². The number of hydrogen-bond donors (Lipinski definition) is 1. The number of aliphatic hydroxyl groups excluding tert-OH is 1. The minimum Gasteiger partial charge on any atom is -0.449 e. The molecule has 4 aromatic rings. The van der Waals surface area contributed by atoms with Crippen LogP contribution in [0.1, 0.15) is 23.7 Å². The lowest BCUT2D eigenvalue weighted by Crippen LogP contribution is -2.49. The number of rotatable bonds is 6. The molecule has 1 aliphatic rings. The molecular formula is C26H30N6O3. The maximum atomic E-state index is 12.5. The number of benzene rings is 1. The van der Waals surface area contributed by atoms with E-state index in [1.165, 1.54) is 0 Å². The lowest BCUT2D eigenvalue weighted by Gasteiger charge is -2.35. The summed E-state index contributed by atoms with van der Waals surface area (Å²) < 4.78 is 9.10. The zero-order chi connectivity index (χ0) is 24.4. The summed E-state index contributed by atoms with van der Waals surface area (Å²) in [6.07, 6.45) is 7.10. The fraction of sp³-hybridized carbons (Fsp3) is 0.346. The highest BCUT2D eigenvalue weighted by molar-refractivity contribution is 5.76. The molecule has 1 atom stereocenters. The third-order valence-electron chi connectivity index (χ3n) is 6.49. The van der Waals surface area contributed by atoms with Crippen molar-refractivity contribution in [1.82, 2.24) is 24.3 Å². The molecule has 1 amide bonds. The summed E-state index contributed by atoms with van der Waals surface area (Å²) >= 11 is 0. The van der Waals surface area contributed by atoms with Crippen LogP contribution in [-0.4, -0.2) is 68.3 Å². The third kappa shape index (κ3) is 5.00. The number of ether oxygens (including phenoxy) is 1. The fourth-order valence-electron chi connectivity index (χ4n) is 4.39. The fourth-order valence-corrected chi connectivity index (χ4v) is 4.39. The molecule has 0 aliphatic carbocycles. The molecule has 0 radical (unpaired) electrons.